The summed E-state index contributed by atoms with van der Waals surface area (Å²) in [7, 11) is 0. The summed E-state index contributed by atoms with van der Waals surface area (Å²) in [5, 5.41) is 18.5. The van der Waals surface area contributed by atoms with Crippen LogP contribution in [-0.2, 0) is 14.3 Å². The van der Waals surface area contributed by atoms with E-state index in [9.17, 15) is 19.8 Å². The van der Waals surface area contributed by atoms with E-state index in [1.54, 1.807) is 4.90 Å². The molecule has 2 N–H and O–H groups in total. The average Bonchev–Trinajstić information content (AvgIpc) is 2.47. The molecule has 6 nitrogen and oxygen atoms in total. The van der Waals surface area contributed by atoms with Crippen LogP contribution in [0, 0.1) is 11.8 Å². The highest BCUT2D eigenvalue weighted by atomic mass is 16.5. The van der Waals surface area contributed by atoms with Crippen molar-refractivity contribution in [2.24, 2.45) is 11.8 Å². The molecule has 2 unspecified atom stereocenters. The van der Waals surface area contributed by atoms with Gasteiger partial charge in [-0.25, -0.2) is 0 Å². The van der Waals surface area contributed by atoms with E-state index >= 15 is 0 Å². The molecule has 0 aromatic rings. The van der Waals surface area contributed by atoms with Gasteiger partial charge in [0.15, 0.2) is 0 Å². The second kappa shape index (κ2) is 6.54. The Kier molecular flexibility index (Phi) is 4.99. The van der Waals surface area contributed by atoms with Crippen LogP contribution in [-0.4, -0.2) is 58.9 Å². The number of carbonyl (C=O) groups excluding carboxylic acids is 1. The van der Waals surface area contributed by atoms with Crippen LogP contribution in [0.1, 0.15) is 32.6 Å². The minimum atomic E-state index is -0.873. The molecule has 1 amide bonds. The number of hydrogen-bond donors (Lipinski definition) is 2. The van der Waals surface area contributed by atoms with E-state index in [0.717, 1.165) is 12.8 Å². The SMILES string of the molecule is CC1COC(CO)CN1C(=O)[C@@H]1CCCC[C@@H]1C(=O)O. The summed E-state index contributed by atoms with van der Waals surface area (Å²) >= 11 is 0. The van der Waals surface area contributed by atoms with Gasteiger partial charge in [0.25, 0.3) is 0 Å². The van der Waals surface area contributed by atoms with Gasteiger partial charge in [0.2, 0.25) is 5.91 Å². The number of carboxylic acids is 1. The Morgan fingerprint density at radius 3 is 2.50 bits per heavy atom. The number of carbonyl (C=O) groups is 2. The maximum Gasteiger partial charge on any atom is 0.307 e. The molecule has 0 radical (unpaired) electrons. The predicted octanol–water partition coefficient (Wildman–Crippen LogP) is 0.486. The van der Waals surface area contributed by atoms with Crippen LogP contribution < -0.4 is 0 Å². The standard InChI is InChI=1S/C14H23NO5/c1-9-8-20-10(7-16)6-15(9)13(17)11-4-2-3-5-12(11)14(18)19/h9-12,16H,2-8H2,1H3,(H,18,19)/t9?,10?,11-,12+/m1/s1. The van der Waals surface area contributed by atoms with Crippen LogP contribution in [0.2, 0.25) is 0 Å². The van der Waals surface area contributed by atoms with Gasteiger partial charge in [-0.3, -0.25) is 9.59 Å². The third-order valence-corrected chi connectivity index (χ3v) is 4.39. The third-order valence-electron chi connectivity index (χ3n) is 4.39. The number of amides is 1. The fourth-order valence-electron chi connectivity index (χ4n) is 3.17. The number of carboxylic acid groups (broad SMARTS) is 1. The number of ether oxygens (including phenoxy) is 1. The lowest BCUT2D eigenvalue weighted by Gasteiger charge is -2.41. The predicted molar refractivity (Wildman–Crippen MR) is 71.1 cm³/mol. The first-order chi connectivity index (χ1) is 9.54. The molecule has 2 aliphatic rings. The zero-order valence-corrected chi connectivity index (χ0v) is 11.8. The Balaban J connectivity index is 2.09. The summed E-state index contributed by atoms with van der Waals surface area (Å²) in [5.41, 5.74) is 0. The Morgan fingerprint density at radius 2 is 1.90 bits per heavy atom. The van der Waals surface area contributed by atoms with Crippen molar-refractivity contribution in [3.8, 4) is 0 Å². The highest BCUT2D eigenvalue weighted by Gasteiger charge is 2.40. The third kappa shape index (κ3) is 3.12. The number of aliphatic hydroxyl groups excluding tert-OH is 1. The molecule has 0 spiro atoms. The maximum absolute atomic E-state index is 12.7. The molecule has 1 heterocycles. The van der Waals surface area contributed by atoms with Crippen molar-refractivity contribution in [3.05, 3.63) is 0 Å². The second-order valence-electron chi connectivity index (χ2n) is 5.81. The van der Waals surface area contributed by atoms with Gasteiger partial charge in [-0.15, -0.1) is 0 Å². The van der Waals surface area contributed by atoms with Crippen LogP contribution >= 0.6 is 0 Å². The lowest BCUT2D eigenvalue weighted by molar-refractivity contribution is -0.160. The minimum absolute atomic E-state index is 0.0679. The molecule has 1 aliphatic carbocycles. The number of hydrogen-bond acceptors (Lipinski definition) is 4. The normalized spacial score (nSPS) is 34.8. The second-order valence-corrected chi connectivity index (χ2v) is 5.81. The molecule has 114 valence electrons. The summed E-state index contributed by atoms with van der Waals surface area (Å²) in [6.45, 7) is 2.51. The average molecular weight is 285 g/mol. The number of nitrogens with zero attached hydrogens (tertiary/aromatic N) is 1. The first-order valence-electron chi connectivity index (χ1n) is 7.30. The van der Waals surface area contributed by atoms with E-state index in [2.05, 4.69) is 0 Å². The van der Waals surface area contributed by atoms with E-state index in [0.29, 0.717) is 26.0 Å². The molecule has 1 aliphatic heterocycles. The topological polar surface area (TPSA) is 87.1 Å². The first kappa shape index (κ1) is 15.3. The molecule has 6 heteroatoms. The monoisotopic (exact) mass is 285 g/mol. The van der Waals surface area contributed by atoms with Crippen LogP contribution in [0.4, 0.5) is 0 Å². The van der Waals surface area contributed by atoms with Crippen LogP contribution in [0.15, 0.2) is 0 Å². The Labute approximate surface area is 118 Å². The molecule has 0 aromatic heterocycles. The van der Waals surface area contributed by atoms with E-state index in [-0.39, 0.29) is 24.7 Å². The van der Waals surface area contributed by atoms with Crippen LogP contribution in [0.3, 0.4) is 0 Å². The quantitative estimate of drug-likeness (QED) is 0.788. The van der Waals surface area contributed by atoms with E-state index in [4.69, 9.17) is 4.74 Å². The highest BCUT2D eigenvalue weighted by molar-refractivity contribution is 5.85. The molecule has 0 bridgehead atoms. The van der Waals surface area contributed by atoms with Gasteiger partial charge in [-0.1, -0.05) is 12.8 Å². The summed E-state index contributed by atoms with van der Waals surface area (Å²) in [6, 6.07) is -0.0679. The largest absolute Gasteiger partial charge is 0.481 e. The molecule has 0 aromatic carbocycles. The molecular formula is C14H23NO5. The van der Waals surface area contributed by atoms with Gasteiger partial charge < -0.3 is 19.8 Å². The van der Waals surface area contributed by atoms with Gasteiger partial charge in [0.05, 0.1) is 37.2 Å². The van der Waals surface area contributed by atoms with E-state index in [1.807, 2.05) is 6.92 Å². The van der Waals surface area contributed by atoms with Gasteiger partial charge in [-0.2, -0.15) is 0 Å². The van der Waals surface area contributed by atoms with Gasteiger partial charge in [0, 0.05) is 6.54 Å². The zero-order valence-electron chi connectivity index (χ0n) is 11.8. The van der Waals surface area contributed by atoms with Gasteiger partial charge >= 0.3 is 5.97 Å². The van der Waals surface area contributed by atoms with Crippen molar-refractivity contribution in [1.82, 2.24) is 4.90 Å². The summed E-state index contributed by atoms with van der Waals surface area (Å²) in [5.74, 6) is -1.96. The van der Waals surface area contributed by atoms with Crippen molar-refractivity contribution in [3.63, 3.8) is 0 Å². The minimum Gasteiger partial charge on any atom is -0.481 e. The van der Waals surface area contributed by atoms with Crippen molar-refractivity contribution in [2.75, 3.05) is 19.8 Å². The Hall–Kier alpha value is -1.14. The van der Waals surface area contributed by atoms with Crippen LogP contribution in [0.5, 0.6) is 0 Å². The van der Waals surface area contributed by atoms with E-state index in [1.165, 1.54) is 0 Å². The van der Waals surface area contributed by atoms with Crippen molar-refractivity contribution >= 4 is 11.9 Å². The lowest BCUT2D eigenvalue weighted by Crippen LogP contribution is -2.55. The van der Waals surface area contributed by atoms with E-state index < -0.39 is 17.8 Å². The molecule has 1 saturated carbocycles. The van der Waals surface area contributed by atoms with Gasteiger partial charge in [0.1, 0.15) is 0 Å². The molecular weight excluding hydrogens is 262 g/mol. The summed E-state index contributed by atoms with van der Waals surface area (Å²) in [6.07, 6.45) is 2.64. The zero-order chi connectivity index (χ0) is 14.7. The number of aliphatic hydroxyl groups is 1. The number of aliphatic carboxylic acids is 1. The van der Waals surface area contributed by atoms with Crippen molar-refractivity contribution in [2.45, 2.75) is 44.8 Å². The first-order valence-corrected chi connectivity index (χ1v) is 7.30. The van der Waals surface area contributed by atoms with Crippen molar-refractivity contribution in [1.29, 1.82) is 0 Å². The summed E-state index contributed by atoms with van der Waals surface area (Å²) < 4.78 is 5.42. The smallest absolute Gasteiger partial charge is 0.307 e. The fraction of sp³-hybridized carbons (Fsp3) is 0.857. The lowest BCUT2D eigenvalue weighted by atomic mass is 9.78. The van der Waals surface area contributed by atoms with Gasteiger partial charge in [-0.05, 0) is 19.8 Å². The Morgan fingerprint density at radius 1 is 1.25 bits per heavy atom. The molecule has 4 atom stereocenters. The molecule has 2 rings (SSSR count). The Bertz CT molecular complexity index is 373. The molecule has 2 fully saturated rings. The molecule has 20 heavy (non-hydrogen) atoms. The number of rotatable bonds is 3. The van der Waals surface area contributed by atoms with Crippen molar-refractivity contribution < 1.29 is 24.5 Å². The molecule has 1 saturated heterocycles. The van der Waals surface area contributed by atoms with Crippen LogP contribution in [0.25, 0.3) is 0 Å². The summed E-state index contributed by atoms with van der Waals surface area (Å²) in [4.78, 5) is 25.7. The number of morpholine rings is 1. The maximum atomic E-state index is 12.7. The highest BCUT2D eigenvalue weighted by Crippen LogP contribution is 2.32. The fourth-order valence-corrected chi connectivity index (χ4v) is 3.17.